The number of unbranched alkanes of at least 4 members (excludes halogenated alkanes) is 2. The van der Waals surface area contributed by atoms with Crippen molar-refractivity contribution in [3.63, 3.8) is 0 Å². The lowest BCUT2D eigenvalue weighted by molar-refractivity contribution is 0.204. The number of aromatic amines is 1. The topological polar surface area (TPSA) is 39.3 Å². The minimum absolute atomic E-state index is 0.363. The van der Waals surface area contributed by atoms with E-state index in [9.17, 15) is 5.11 Å². The Morgan fingerprint density at radius 2 is 1.85 bits per heavy atom. The third-order valence-electron chi connectivity index (χ3n) is 5.97. The summed E-state index contributed by atoms with van der Waals surface area (Å²) in [5.41, 5.74) is 4.08. The van der Waals surface area contributed by atoms with E-state index in [1.807, 2.05) is 12.1 Å². The van der Waals surface area contributed by atoms with E-state index in [1.165, 1.54) is 73.6 Å². The molecule has 0 bridgehead atoms. The molecule has 3 nitrogen and oxygen atoms in total. The van der Waals surface area contributed by atoms with Gasteiger partial charge in [0.05, 0.1) is 0 Å². The van der Waals surface area contributed by atoms with Gasteiger partial charge in [0, 0.05) is 23.6 Å². The molecule has 4 rings (SSSR count). The Bertz CT molecular complexity index is 852. The van der Waals surface area contributed by atoms with Crippen LogP contribution in [0.2, 0.25) is 0 Å². The van der Waals surface area contributed by atoms with Gasteiger partial charge >= 0.3 is 0 Å². The SMILES string of the molecule is Oc1ccc(C2CCCN(CCCCCc3c[nH]c4ccccc34)C2)cc1. The fraction of sp³-hybridized carbons (Fsp3) is 0.417. The second kappa shape index (κ2) is 8.62. The summed E-state index contributed by atoms with van der Waals surface area (Å²) < 4.78 is 0. The molecule has 2 aromatic carbocycles. The van der Waals surface area contributed by atoms with Crippen molar-refractivity contribution < 1.29 is 5.11 Å². The second-order valence-electron chi connectivity index (χ2n) is 7.90. The molecule has 1 atom stereocenters. The van der Waals surface area contributed by atoms with Gasteiger partial charge in [-0.25, -0.2) is 0 Å². The number of benzene rings is 2. The molecule has 1 saturated heterocycles. The summed E-state index contributed by atoms with van der Waals surface area (Å²) in [6.07, 6.45) is 9.72. The monoisotopic (exact) mass is 362 g/mol. The molecule has 0 aliphatic carbocycles. The van der Waals surface area contributed by atoms with E-state index in [-0.39, 0.29) is 0 Å². The molecular formula is C24H30N2O. The molecule has 3 aromatic rings. The quantitative estimate of drug-likeness (QED) is 0.547. The number of nitrogens with zero attached hydrogens (tertiary/aromatic N) is 1. The fourth-order valence-electron chi connectivity index (χ4n) is 4.44. The third kappa shape index (κ3) is 4.54. The summed E-state index contributed by atoms with van der Waals surface area (Å²) in [5.74, 6) is 0.979. The maximum atomic E-state index is 9.49. The molecule has 0 saturated carbocycles. The number of H-pyrrole nitrogens is 1. The van der Waals surface area contributed by atoms with Crippen LogP contribution >= 0.6 is 0 Å². The highest BCUT2D eigenvalue weighted by Gasteiger charge is 2.20. The van der Waals surface area contributed by atoms with Crippen molar-refractivity contribution in [1.82, 2.24) is 9.88 Å². The molecule has 142 valence electrons. The molecule has 1 aliphatic rings. The maximum Gasteiger partial charge on any atom is 0.115 e. The predicted molar refractivity (Wildman–Crippen MR) is 112 cm³/mol. The van der Waals surface area contributed by atoms with Gasteiger partial charge in [-0.3, -0.25) is 0 Å². The Labute approximate surface area is 162 Å². The van der Waals surface area contributed by atoms with E-state index in [4.69, 9.17) is 0 Å². The van der Waals surface area contributed by atoms with Crippen molar-refractivity contribution >= 4 is 10.9 Å². The van der Waals surface area contributed by atoms with Gasteiger partial charge < -0.3 is 15.0 Å². The molecule has 0 spiro atoms. The first kappa shape index (κ1) is 18.1. The molecule has 2 heterocycles. The number of hydrogen-bond acceptors (Lipinski definition) is 2. The van der Waals surface area contributed by atoms with Crippen LogP contribution in [0.25, 0.3) is 10.9 Å². The summed E-state index contributed by atoms with van der Waals surface area (Å²) in [7, 11) is 0. The van der Waals surface area contributed by atoms with Crippen LogP contribution in [0.5, 0.6) is 5.75 Å². The Hall–Kier alpha value is -2.26. The number of rotatable bonds is 7. The average Bonchev–Trinajstić information content (AvgIpc) is 3.12. The molecule has 0 radical (unpaired) electrons. The number of phenolic OH excluding ortho intramolecular Hbond substituents is 1. The lowest BCUT2D eigenvalue weighted by Crippen LogP contribution is -2.35. The normalized spacial score (nSPS) is 18.1. The van der Waals surface area contributed by atoms with Crippen LogP contribution in [0.1, 0.15) is 49.1 Å². The van der Waals surface area contributed by atoms with E-state index in [0.29, 0.717) is 11.7 Å². The molecule has 1 aromatic heterocycles. The van der Waals surface area contributed by atoms with Crippen molar-refractivity contribution in [2.24, 2.45) is 0 Å². The summed E-state index contributed by atoms with van der Waals surface area (Å²) in [5, 5.41) is 10.9. The maximum absolute atomic E-state index is 9.49. The third-order valence-corrected chi connectivity index (χ3v) is 5.97. The minimum atomic E-state index is 0.363. The van der Waals surface area contributed by atoms with Crippen LogP contribution in [0.15, 0.2) is 54.7 Å². The standard InChI is InChI=1S/C24H30N2O/c27-22-13-11-19(12-14-22)21-8-6-16-26(18-21)15-5-1-2-7-20-17-25-24-10-4-3-9-23(20)24/h3-4,9-14,17,21,25,27H,1-2,5-8,15-16,18H2. The summed E-state index contributed by atoms with van der Waals surface area (Å²) in [4.78, 5) is 6.01. The lowest BCUT2D eigenvalue weighted by Gasteiger charge is -2.33. The Kier molecular flexibility index (Phi) is 5.78. The van der Waals surface area contributed by atoms with Gasteiger partial charge in [0.25, 0.3) is 0 Å². The van der Waals surface area contributed by atoms with Crippen LogP contribution in [-0.4, -0.2) is 34.6 Å². The van der Waals surface area contributed by atoms with Crippen molar-refractivity contribution in [1.29, 1.82) is 0 Å². The number of hydrogen-bond donors (Lipinski definition) is 2. The Morgan fingerprint density at radius 3 is 2.74 bits per heavy atom. The molecule has 0 amide bonds. The highest BCUT2D eigenvalue weighted by atomic mass is 16.3. The molecule has 1 aliphatic heterocycles. The molecule has 1 unspecified atom stereocenters. The Morgan fingerprint density at radius 1 is 1.00 bits per heavy atom. The number of aromatic nitrogens is 1. The molecule has 3 heteroatoms. The Balaban J connectivity index is 1.20. The largest absolute Gasteiger partial charge is 0.508 e. The zero-order valence-electron chi connectivity index (χ0n) is 16.0. The summed E-state index contributed by atoms with van der Waals surface area (Å²) >= 11 is 0. The lowest BCUT2D eigenvalue weighted by atomic mass is 9.90. The first-order valence-electron chi connectivity index (χ1n) is 10.4. The van der Waals surface area contributed by atoms with Gasteiger partial charge in [-0.15, -0.1) is 0 Å². The zero-order chi connectivity index (χ0) is 18.5. The van der Waals surface area contributed by atoms with Crippen molar-refractivity contribution in [3.05, 3.63) is 65.9 Å². The number of piperidine rings is 1. The first-order valence-corrected chi connectivity index (χ1v) is 10.4. The summed E-state index contributed by atoms with van der Waals surface area (Å²) in [6.45, 7) is 3.60. The van der Waals surface area contributed by atoms with E-state index in [2.05, 4.69) is 52.5 Å². The van der Waals surface area contributed by atoms with Gasteiger partial charge in [-0.05, 0) is 80.4 Å². The number of para-hydroxylation sites is 1. The van der Waals surface area contributed by atoms with E-state index >= 15 is 0 Å². The van der Waals surface area contributed by atoms with Crippen molar-refractivity contribution in [2.45, 2.75) is 44.4 Å². The van der Waals surface area contributed by atoms with Gasteiger partial charge in [0.15, 0.2) is 0 Å². The number of phenols is 1. The van der Waals surface area contributed by atoms with Gasteiger partial charge in [-0.1, -0.05) is 36.8 Å². The highest BCUT2D eigenvalue weighted by molar-refractivity contribution is 5.82. The fourth-order valence-corrected chi connectivity index (χ4v) is 4.44. The number of nitrogens with one attached hydrogen (secondary N) is 1. The van der Waals surface area contributed by atoms with Gasteiger partial charge in [0.2, 0.25) is 0 Å². The summed E-state index contributed by atoms with van der Waals surface area (Å²) in [6, 6.07) is 16.4. The highest BCUT2D eigenvalue weighted by Crippen LogP contribution is 2.28. The van der Waals surface area contributed by atoms with Gasteiger partial charge in [-0.2, -0.15) is 0 Å². The minimum Gasteiger partial charge on any atom is -0.508 e. The second-order valence-corrected chi connectivity index (χ2v) is 7.90. The number of fused-ring (bicyclic) bond motifs is 1. The van der Waals surface area contributed by atoms with Crippen LogP contribution in [-0.2, 0) is 6.42 Å². The number of aryl methyl sites for hydroxylation is 1. The predicted octanol–water partition coefficient (Wildman–Crippen LogP) is 5.47. The van der Waals surface area contributed by atoms with E-state index < -0.39 is 0 Å². The van der Waals surface area contributed by atoms with Crippen molar-refractivity contribution in [3.8, 4) is 5.75 Å². The number of aromatic hydroxyl groups is 1. The van der Waals surface area contributed by atoms with Crippen LogP contribution in [0.4, 0.5) is 0 Å². The smallest absolute Gasteiger partial charge is 0.115 e. The van der Waals surface area contributed by atoms with Crippen molar-refractivity contribution in [2.75, 3.05) is 19.6 Å². The first-order chi connectivity index (χ1) is 13.3. The number of likely N-dealkylation sites (tertiary alicyclic amines) is 1. The molecule has 1 fully saturated rings. The van der Waals surface area contributed by atoms with E-state index in [1.54, 1.807) is 0 Å². The average molecular weight is 363 g/mol. The molecular weight excluding hydrogens is 332 g/mol. The zero-order valence-corrected chi connectivity index (χ0v) is 16.0. The van der Waals surface area contributed by atoms with E-state index in [0.717, 1.165) is 6.54 Å². The molecule has 2 N–H and O–H groups in total. The molecule has 27 heavy (non-hydrogen) atoms. The van der Waals surface area contributed by atoms with Gasteiger partial charge in [0.1, 0.15) is 5.75 Å². The van der Waals surface area contributed by atoms with Crippen LogP contribution in [0, 0.1) is 0 Å². The van der Waals surface area contributed by atoms with Crippen LogP contribution < -0.4 is 0 Å². The van der Waals surface area contributed by atoms with Crippen LogP contribution in [0.3, 0.4) is 0 Å².